The molecule has 1 saturated heterocycles. The third-order valence-corrected chi connectivity index (χ3v) is 5.27. The van der Waals surface area contributed by atoms with Crippen LogP contribution in [0.25, 0.3) is 0 Å². The number of likely N-dealkylation sites (tertiary alicyclic amines) is 1. The number of halogens is 1. The highest BCUT2D eigenvalue weighted by Gasteiger charge is 2.29. The minimum absolute atomic E-state index is 0.0629. The maximum absolute atomic E-state index is 13.2. The van der Waals surface area contributed by atoms with Gasteiger partial charge in [0.25, 0.3) is 5.91 Å². The summed E-state index contributed by atoms with van der Waals surface area (Å²) >= 11 is 0. The lowest BCUT2D eigenvalue weighted by Gasteiger charge is -2.16. The van der Waals surface area contributed by atoms with Crippen LogP contribution in [0, 0.1) is 5.82 Å². The molecule has 0 radical (unpaired) electrons. The lowest BCUT2D eigenvalue weighted by molar-refractivity contribution is 0.0790. The normalized spacial score (nSPS) is 15.8. The van der Waals surface area contributed by atoms with E-state index in [9.17, 15) is 9.18 Å². The molecular formula is C22H25FN6O2. The predicted molar refractivity (Wildman–Crippen MR) is 114 cm³/mol. The Morgan fingerprint density at radius 2 is 2.10 bits per heavy atom. The second-order valence-corrected chi connectivity index (χ2v) is 7.78. The molecule has 9 heteroatoms. The molecule has 1 N–H and O–H groups in total. The third kappa shape index (κ3) is 4.99. The lowest BCUT2D eigenvalue weighted by Crippen LogP contribution is -2.29. The van der Waals surface area contributed by atoms with Crippen LogP contribution in [0.5, 0.6) is 5.75 Å². The number of H-pyrrole nitrogens is 1. The molecule has 1 aliphatic rings. The maximum Gasteiger partial charge on any atom is 0.257 e. The number of nitrogens with zero attached hydrogens (tertiary/aromatic N) is 5. The molecule has 4 rings (SSSR count). The zero-order chi connectivity index (χ0) is 21.8. The van der Waals surface area contributed by atoms with Crippen molar-refractivity contribution in [2.45, 2.75) is 18.8 Å². The van der Waals surface area contributed by atoms with Gasteiger partial charge in [-0.2, -0.15) is 5.10 Å². The van der Waals surface area contributed by atoms with E-state index < -0.39 is 0 Å². The second kappa shape index (κ2) is 9.11. The van der Waals surface area contributed by atoms with Crippen LogP contribution in [-0.4, -0.2) is 64.8 Å². The van der Waals surface area contributed by atoms with Crippen molar-refractivity contribution in [3.8, 4) is 5.75 Å². The molecule has 0 bridgehead atoms. The van der Waals surface area contributed by atoms with E-state index in [1.165, 1.54) is 12.1 Å². The smallest absolute Gasteiger partial charge is 0.257 e. The number of anilines is 1. The van der Waals surface area contributed by atoms with E-state index in [2.05, 4.69) is 20.2 Å². The quantitative estimate of drug-likeness (QED) is 0.628. The van der Waals surface area contributed by atoms with E-state index in [0.29, 0.717) is 43.4 Å². The van der Waals surface area contributed by atoms with Crippen LogP contribution < -0.4 is 9.64 Å². The fourth-order valence-electron chi connectivity index (χ4n) is 3.58. The van der Waals surface area contributed by atoms with E-state index in [0.717, 1.165) is 17.8 Å². The number of aromatic nitrogens is 4. The molecule has 1 unspecified atom stereocenters. The molecule has 1 aliphatic heterocycles. The summed E-state index contributed by atoms with van der Waals surface area (Å²) in [5, 5.41) is 7.47. The van der Waals surface area contributed by atoms with Gasteiger partial charge < -0.3 is 14.5 Å². The lowest BCUT2D eigenvalue weighted by atomic mass is 10.0. The van der Waals surface area contributed by atoms with E-state index in [1.54, 1.807) is 29.4 Å². The van der Waals surface area contributed by atoms with E-state index in [1.807, 2.05) is 25.1 Å². The van der Waals surface area contributed by atoms with Crippen molar-refractivity contribution in [1.82, 2.24) is 25.1 Å². The number of carbonyl (C=O) groups is 1. The molecule has 1 aromatic carbocycles. The SMILES string of the molecule is CN(C)c1ncc(C(=O)N2CCC(c3cc(CCOc4cccc(F)c4)[nH]n3)C2)cn1. The molecule has 0 saturated carbocycles. The van der Waals surface area contributed by atoms with Crippen LogP contribution >= 0.6 is 0 Å². The highest BCUT2D eigenvalue weighted by Crippen LogP contribution is 2.27. The summed E-state index contributed by atoms with van der Waals surface area (Å²) in [6.45, 7) is 1.70. The highest BCUT2D eigenvalue weighted by atomic mass is 19.1. The van der Waals surface area contributed by atoms with Crippen molar-refractivity contribution in [2.75, 3.05) is 38.7 Å². The average molecular weight is 424 g/mol. The number of benzene rings is 1. The molecule has 8 nitrogen and oxygen atoms in total. The van der Waals surface area contributed by atoms with Gasteiger partial charge in [0.1, 0.15) is 11.6 Å². The molecule has 3 aromatic rings. The minimum atomic E-state index is -0.318. The Bertz CT molecular complexity index is 1040. The number of hydrogen-bond donors (Lipinski definition) is 1. The molecule has 1 atom stereocenters. The van der Waals surface area contributed by atoms with Crippen molar-refractivity contribution in [3.63, 3.8) is 0 Å². The van der Waals surface area contributed by atoms with Crippen molar-refractivity contribution in [3.05, 3.63) is 65.5 Å². The summed E-state index contributed by atoms with van der Waals surface area (Å²) in [7, 11) is 3.71. The highest BCUT2D eigenvalue weighted by molar-refractivity contribution is 5.94. The first kappa shape index (κ1) is 20.8. The van der Waals surface area contributed by atoms with Gasteiger partial charge in [-0.3, -0.25) is 9.89 Å². The Labute approximate surface area is 180 Å². The fraction of sp³-hybridized carbons (Fsp3) is 0.364. The van der Waals surface area contributed by atoms with Gasteiger partial charge in [0.2, 0.25) is 5.95 Å². The summed E-state index contributed by atoms with van der Waals surface area (Å²) in [5.74, 6) is 0.877. The van der Waals surface area contributed by atoms with Crippen LogP contribution in [0.1, 0.15) is 34.1 Å². The van der Waals surface area contributed by atoms with Gasteiger partial charge in [-0.25, -0.2) is 14.4 Å². The van der Waals surface area contributed by atoms with Crippen LogP contribution in [0.15, 0.2) is 42.7 Å². The zero-order valence-electron chi connectivity index (χ0n) is 17.6. The number of nitrogens with one attached hydrogen (secondary N) is 1. The largest absolute Gasteiger partial charge is 0.493 e. The van der Waals surface area contributed by atoms with Crippen molar-refractivity contribution in [1.29, 1.82) is 0 Å². The van der Waals surface area contributed by atoms with Crippen molar-refractivity contribution < 1.29 is 13.9 Å². The van der Waals surface area contributed by atoms with E-state index in [4.69, 9.17) is 4.74 Å². The first-order valence-corrected chi connectivity index (χ1v) is 10.2. The van der Waals surface area contributed by atoms with Gasteiger partial charge in [-0.05, 0) is 24.6 Å². The van der Waals surface area contributed by atoms with Gasteiger partial charge >= 0.3 is 0 Å². The Morgan fingerprint density at radius 3 is 2.84 bits per heavy atom. The third-order valence-electron chi connectivity index (χ3n) is 5.27. The van der Waals surface area contributed by atoms with Gasteiger partial charge in [-0.1, -0.05) is 6.07 Å². The first-order valence-electron chi connectivity index (χ1n) is 10.2. The summed E-state index contributed by atoms with van der Waals surface area (Å²) in [5.41, 5.74) is 2.38. The zero-order valence-corrected chi connectivity index (χ0v) is 17.6. The molecule has 1 amide bonds. The minimum Gasteiger partial charge on any atom is -0.493 e. The number of rotatable bonds is 7. The molecule has 0 aliphatic carbocycles. The number of ether oxygens (including phenoxy) is 1. The van der Waals surface area contributed by atoms with E-state index >= 15 is 0 Å². The summed E-state index contributed by atoms with van der Waals surface area (Å²) in [6, 6.07) is 8.11. The van der Waals surface area contributed by atoms with Crippen LogP contribution in [0.4, 0.5) is 10.3 Å². The van der Waals surface area contributed by atoms with Crippen LogP contribution in [-0.2, 0) is 6.42 Å². The Balaban J connectivity index is 1.30. The number of aromatic amines is 1. The number of carbonyl (C=O) groups excluding carboxylic acids is 1. The topological polar surface area (TPSA) is 87.2 Å². The Morgan fingerprint density at radius 1 is 1.29 bits per heavy atom. The van der Waals surface area contributed by atoms with E-state index in [-0.39, 0.29) is 17.6 Å². The predicted octanol–water partition coefficient (Wildman–Crippen LogP) is 2.66. The van der Waals surface area contributed by atoms with Crippen molar-refractivity contribution >= 4 is 11.9 Å². The summed E-state index contributed by atoms with van der Waals surface area (Å²) in [6.07, 6.45) is 4.63. The number of amides is 1. The molecule has 1 fully saturated rings. The standard InChI is InChI=1S/C22H25FN6O2/c1-28(2)22-24-12-16(13-25-22)21(30)29-8-6-15(14-29)20-11-18(26-27-20)7-9-31-19-5-3-4-17(23)10-19/h3-5,10-13,15H,6-9,14H2,1-2H3,(H,26,27). The van der Waals surface area contributed by atoms with Crippen LogP contribution in [0.3, 0.4) is 0 Å². The number of hydrogen-bond acceptors (Lipinski definition) is 6. The first-order chi connectivity index (χ1) is 15.0. The fourth-order valence-corrected chi connectivity index (χ4v) is 3.58. The Kier molecular flexibility index (Phi) is 6.11. The van der Waals surface area contributed by atoms with Crippen LogP contribution in [0.2, 0.25) is 0 Å². The van der Waals surface area contributed by atoms with Crippen molar-refractivity contribution in [2.24, 2.45) is 0 Å². The monoisotopic (exact) mass is 424 g/mol. The summed E-state index contributed by atoms with van der Waals surface area (Å²) < 4.78 is 18.8. The van der Waals surface area contributed by atoms with Gasteiger partial charge in [0.15, 0.2) is 0 Å². The Hall–Kier alpha value is -3.49. The molecule has 3 heterocycles. The molecule has 31 heavy (non-hydrogen) atoms. The van der Waals surface area contributed by atoms with Gasteiger partial charge in [-0.15, -0.1) is 0 Å². The van der Waals surface area contributed by atoms with Gasteiger partial charge in [0, 0.05) is 63.7 Å². The maximum atomic E-state index is 13.2. The molecule has 2 aromatic heterocycles. The molecule has 0 spiro atoms. The average Bonchev–Trinajstić information content (AvgIpc) is 3.43. The molecular weight excluding hydrogens is 399 g/mol. The van der Waals surface area contributed by atoms with Gasteiger partial charge in [0.05, 0.1) is 17.9 Å². The molecule has 162 valence electrons. The summed E-state index contributed by atoms with van der Waals surface area (Å²) in [4.78, 5) is 24.8. The second-order valence-electron chi connectivity index (χ2n) is 7.78.